The van der Waals surface area contributed by atoms with Crippen LogP contribution < -0.4 is 0 Å². The van der Waals surface area contributed by atoms with Gasteiger partial charge in [-0.05, 0) is 18.6 Å². The lowest BCUT2D eigenvalue weighted by Gasteiger charge is -2.01. The normalized spacial score (nSPS) is 10.4. The number of benzene rings is 1. The first-order valence-electron chi connectivity index (χ1n) is 5.35. The van der Waals surface area contributed by atoms with Crippen LogP contribution in [-0.2, 0) is 9.53 Å². The molecule has 0 unspecified atom stereocenters. The van der Waals surface area contributed by atoms with Crippen LogP contribution in [0.25, 0.3) is 0 Å². The number of phenols is 1. The van der Waals surface area contributed by atoms with Gasteiger partial charge < -0.3 is 9.84 Å². The lowest BCUT2D eigenvalue weighted by atomic mass is 10.2. The summed E-state index contributed by atoms with van der Waals surface area (Å²) in [6.07, 6.45) is 4.51. The van der Waals surface area contributed by atoms with Crippen molar-refractivity contribution >= 4 is 11.9 Å². The molecule has 1 rings (SSSR count). The molecule has 0 fully saturated rings. The standard InChI is InChI=1S/C13H14O4/c1-2-3-4-9-12(15)17-13(16)10-7-5-6-8-11(10)14/h4-9,14H,2-3H2,1H3. The molecule has 0 aliphatic carbocycles. The molecule has 0 saturated heterocycles. The van der Waals surface area contributed by atoms with Gasteiger partial charge in [0.25, 0.3) is 0 Å². The summed E-state index contributed by atoms with van der Waals surface area (Å²) >= 11 is 0. The van der Waals surface area contributed by atoms with E-state index >= 15 is 0 Å². The van der Waals surface area contributed by atoms with Crippen LogP contribution in [-0.4, -0.2) is 17.0 Å². The number of allylic oxidation sites excluding steroid dienone is 1. The van der Waals surface area contributed by atoms with Crippen LogP contribution in [0.1, 0.15) is 30.1 Å². The van der Waals surface area contributed by atoms with E-state index in [9.17, 15) is 14.7 Å². The summed E-state index contributed by atoms with van der Waals surface area (Å²) < 4.78 is 4.54. The summed E-state index contributed by atoms with van der Waals surface area (Å²) in [5, 5.41) is 9.38. The number of phenolic OH excluding ortho intramolecular Hbond substituents is 1. The van der Waals surface area contributed by atoms with Gasteiger partial charge in [-0.1, -0.05) is 31.6 Å². The number of rotatable bonds is 4. The number of carbonyl (C=O) groups excluding carboxylic acids is 2. The van der Waals surface area contributed by atoms with E-state index < -0.39 is 11.9 Å². The van der Waals surface area contributed by atoms with Crippen LogP contribution in [0.4, 0.5) is 0 Å². The number of ether oxygens (including phenoxy) is 1. The first-order valence-corrected chi connectivity index (χ1v) is 5.35. The lowest BCUT2D eigenvalue weighted by molar-refractivity contribution is -0.132. The Kier molecular flexibility index (Phi) is 4.94. The molecule has 17 heavy (non-hydrogen) atoms. The number of hydrogen-bond acceptors (Lipinski definition) is 4. The molecule has 1 aromatic rings. The number of carbonyl (C=O) groups is 2. The highest BCUT2D eigenvalue weighted by Gasteiger charge is 2.14. The second-order valence-corrected chi connectivity index (χ2v) is 3.42. The van der Waals surface area contributed by atoms with Crippen molar-refractivity contribution in [1.82, 2.24) is 0 Å². The third-order valence-electron chi connectivity index (χ3n) is 2.03. The first-order chi connectivity index (χ1) is 8.15. The van der Waals surface area contributed by atoms with Crippen LogP contribution in [0.3, 0.4) is 0 Å². The molecular formula is C13H14O4. The summed E-state index contributed by atoms with van der Waals surface area (Å²) in [5.41, 5.74) is -0.0234. The zero-order valence-electron chi connectivity index (χ0n) is 9.55. The van der Waals surface area contributed by atoms with Crippen molar-refractivity contribution in [3.05, 3.63) is 42.0 Å². The van der Waals surface area contributed by atoms with Crippen LogP contribution in [0.5, 0.6) is 5.75 Å². The summed E-state index contributed by atoms with van der Waals surface area (Å²) in [7, 11) is 0. The van der Waals surface area contributed by atoms with Crippen molar-refractivity contribution in [1.29, 1.82) is 0 Å². The average molecular weight is 234 g/mol. The lowest BCUT2D eigenvalue weighted by Crippen LogP contribution is -2.10. The van der Waals surface area contributed by atoms with E-state index in [0.717, 1.165) is 12.8 Å². The minimum absolute atomic E-state index is 0.0234. The molecule has 0 bridgehead atoms. The van der Waals surface area contributed by atoms with E-state index in [1.165, 1.54) is 18.2 Å². The van der Waals surface area contributed by atoms with Gasteiger partial charge in [0, 0.05) is 6.08 Å². The zero-order chi connectivity index (χ0) is 12.7. The molecule has 0 radical (unpaired) electrons. The monoisotopic (exact) mass is 234 g/mol. The first kappa shape index (κ1) is 13.0. The van der Waals surface area contributed by atoms with Gasteiger partial charge in [-0.3, -0.25) is 0 Å². The third kappa shape index (κ3) is 4.10. The second kappa shape index (κ2) is 6.48. The fraction of sp³-hybridized carbons (Fsp3) is 0.231. The number of hydrogen-bond donors (Lipinski definition) is 1. The van der Waals surface area contributed by atoms with E-state index in [-0.39, 0.29) is 11.3 Å². The molecule has 0 saturated carbocycles. The van der Waals surface area contributed by atoms with Crippen molar-refractivity contribution in [3.8, 4) is 5.75 Å². The molecule has 0 aliphatic heterocycles. The van der Waals surface area contributed by atoms with Crippen molar-refractivity contribution in [3.63, 3.8) is 0 Å². The van der Waals surface area contributed by atoms with Crippen molar-refractivity contribution in [2.75, 3.05) is 0 Å². The Morgan fingerprint density at radius 2 is 2.06 bits per heavy atom. The van der Waals surface area contributed by atoms with Gasteiger partial charge in [-0.25, -0.2) is 9.59 Å². The van der Waals surface area contributed by atoms with Gasteiger partial charge in [0.2, 0.25) is 0 Å². The molecule has 0 amide bonds. The van der Waals surface area contributed by atoms with E-state index in [1.807, 2.05) is 6.92 Å². The Hall–Kier alpha value is -2.10. The van der Waals surface area contributed by atoms with Gasteiger partial charge in [0.1, 0.15) is 11.3 Å². The maximum atomic E-state index is 11.5. The van der Waals surface area contributed by atoms with E-state index in [0.29, 0.717) is 0 Å². The molecule has 0 aliphatic rings. The maximum Gasteiger partial charge on any atom is 0.349 e. The van der Waals surface area contributed by atoms with Crippen LogP contribution >= 0.6 is 0 Å². The Morgan fingerprint density at radius 3 is 2.71 bits per heavy atom. The molecule has 0 atom stereocenters. The molecule has 90 valence electrons. The van der Waals surface area contributed by atoms with Gasteiger partial charge in [0.05, 0.1) is 0 Å². The molecule has 0 spiro atoms. The van der Waals surface area contributed by atoms with E-state index in [1.54, 1.807) is 18.2 Å². The van der Waals surface area contributed by atoms with Gasteiger partial charge >= 0.3 is 11.9 Å². The second-order valence-electron chi connectivity index (χ2n) is 3.42. The zero-order valence-corrected chi connectivity index (χ0v) is 9.55. The SMILES string of the molecule is CCCC=CC(=O)OC(=O)c1ccccc1O. The summed E-state index contributed by atoms with van der Waals surface area (Å²) in [6, 6.07) is 5.90. The number of unbranched alkanes of at least 4 members (excludes halogenated alkanes) is 1. The summed E-state index contributed by atoms with van der Waals surface area (Å²) in [6.45, 7) is 1.98. The predicted molar refractivity (Wildman–Crippen MR) is 62.6 cm³/mol. The Labute approximate surface area is 99.5 Å². The van der Waals surface area contributed by atoms with E-state index in [4.69, 9.17) is 0 Å². The van der Waals surface area contributed by atoms with Crippen LogP contribution in [0, 0.1) is 0 Å². The van der Waals surface area contributed by atoms with Gasteiger partial charge in [0.15, 0.2) is 0 Å². The van der Waals surface area contributed by atoms with E-state index in [2.05, 4.69) is 4.74 Å². The predicted octanol–water partition coefficient (Wildman–Crippen LogP) is 2.43. The molecule has 0 aromatic heterocycles. The number of esters is 2. The van der Waals surface area contributed by atoms with Crippen molar-refractivity contribution in [2.45, 2.75) is 19.8 Å². The average Bonchev–Trinajstić information content (AvgIpc) is 2.29. The Bertz CT molecular complexity index is 435. The highest BCUT2D eigenvalue weighted by atomic mass is 16.6. The summed E-state index contributed by atoms with van der Waals surface area (Å²) in [4.78, 5) is 22.7. The van der Waals surface area contributed by atoms with Crippen molar-refractivity contribution in [2.24, 2.45) is 0 Å². The van der Waals surface area contributed by atoms with Crippen LogP contribution in [0.2, 0.25) is 0 Å². The smallest absolute Gasteiger partial charge is 0.349 e. The molecular weight excluding hydrogens is 220 g/mol. The molecule has 4 nitrogen and oxygen atoms in total. The highest BCUT2D eigenvalue weighted by Crippen LogP contribution is 2.16. The topological polar surface area (TPSA) is 63.6 Å². The molecule has 1 aromatic carbocycles. The quantitative estimate of drug-likeness (QED) is 0.493. The van der Waals surface area contributed by atoms with Gasteiger partial charge in [-0.2, -0.15) is 0 Å². The molecule has 1 N–H and O–H groups in total. The molecule has 4 heteroatoms. The fourth-order valence-electron chi connectivity index (χ4n) is 1.17. The third-order valence-corrected chi connectivity index (χ3v) is 2.03. The molecule has 0 heterocycles. The minimum atomic E-state index is -0.853. The van der Waals surface area contributed by atoms with Gasteiger partial charge in [-0.15, -0.1) is 0 Å². The number of aromatic hydroxyl groups is 1. The van der Waals surface area contributed by atoms with Crippen LogP contribution in [0.15, 0.2) is 36.4 Å². The summed E-state index contributed by atoms with van der Waals surface area (Å²) in [5.74, 6) is -1.79. The van der Waals surface area contributed by atoms with Crippen molar-refractivity contribution < 1.29 is 19.4 Å². The Morgan fingerprint density at radius 1 is 1.35 bits per heavy atom. The fourth-order valence-corrected chi connectivity index (χ4v) is 1.17. The largest absolute Gasteiger partial charge is 0.507 e. The maximum absolute atomic E-state index is 11.5. The minimum Gasteiger partial charge on any atom is -0.507 e. The Balaban J connectivity index is 2.61. The highest BCUT2D eigenvalue weighted by molar-refractivity contribution is 6.01. The number of para-hydroxylation sites is 1.